The molecule has 4 heteroatoms. The summed E-state index contributed by atoms with van der Waals surface area (Å²) in [5, 5.41) is 0. The van der Waals surface area contributed by atoms with Gasteiger partial charge in [0.2, 0.25) is 0 Å². The van der Waals surface area contributed by atoms with Crippen molar-refractivity contribution in [3.63, 3.8) is 0 Å². The summed E-state index contributed by atoms with van der Waals surface area (Å²) in [6, 6.07) is -2.31. The molecule has 0 aliphatic rings. The highest BCUT2D eigenvalue weighted by molar-refractivity contribution is 6.03. The lowest BCUT2D eigenvalue weighted by Crippen LogP contribution is -2.15. The lowest BCUT2D eigenvalue weighted by molar-refractivity contribution is 0.0450. The van der Waals surface area contributed by atoms with Crippen molar-refractivity contribution >= 4 is 11.9 Å². The monoisotopic (exact) mass is 394 g/mol. The Morgan fingerprint density at radius 3 is 1.43 bits per heavy atom. The Bertz CT molecular complexity index is 737. The summed E-state index contributed by atoms with van der Waals surface area (Å²) in [5.41, 5.74) is -0.899. The maximum atomic E-state index is 12.7. The van der Waals surface area contributed by atoms with Gasteiger partial charge in [-0.3, -0.25) is 0 Å². The van der Waals surface area contributed by atoms with Crippen LogP contribution < -0.4 is 0 Å². The Morgan fingerprint density at radius 2 is 1.04 bits per heavy atom. The van der Waals surface area contributed by atoms with Crippen LogP contribution in [0.4, 0.5) is 0 Å². The molecule has 0 saturated carbocycles. The number of hydrogen-bond acceptors (Lipinski definition) is 4. The maximum absolute atomic E-state index is 12.7. The van der Waals surface area contributed by atoms with Crippen LogP contribution in [0.25, 0.3) is 0 Å². The first-order chi connectivity index (χ1) is 15.4. The van der Waals surface area contributed by atoms with Crippen LogP contribution in [0.3, 0.4) is 0 Å². The Morgan fingerprint density at radius 1 is 0.679 bits per heavy atom. The minimum Gasteiger partial charge on any atom is -0.462 e. The molecule has 0 bridgehead atoms. The Hall–Kier alpha value is -1.84. The van der Waals surface area contributed by atoms with E-state index in [1.54, 1.807) is 0 Å². The molecule has 0 amide bonds. The van der Waals surface area contributed by atoms with E-state index in [1.807, 2.05) is 0 Å². The standard InChI is InChI=1S/C24H38O4/c1-3-5-7-9-10-12-16-20-28-24(26)22-18-14-13-17-21(22)23(25)27-19-15-11-8-6-4-2/h13-14,17-18H,3-12,15-16,19-20H2,1-2H3/i13D,14D,17D,18D. The van der Waals surface area contributed by atoms with Gasteiger partial charge in [-0.05, 0) is 24.9 Å². The third-order valence-corrected chi connectivity index (χ3v) is 4.56. The van der Waals surface area contributed by atoms with Crippen molar-refractivity contribution < 1.29 is 24.5 Å². The second kappa shape index (κ2) is 16.1. The summed E-state index contributed by atoms with van der Waals surface area (Å²) in [7, 11) is 0. The smallest absolute Gasteiger partial charge is 0.339 e. The van der Waals surface area contributed by atoms with Crippen molar-refractivity contribution in [2.75, 3.05) is 13.2 Å². The number of carbonyl (C=O) groups is 2. The van der Waals surface area contributed by atoms with Gasteiger partial charge in [0.15, 0.2) is 0 Å². The van der Waals surface area contributed by atoms with Gasteiger partial charge in [0.25, 0.3) is 0 Å². The SMILES string of the molecule is [2H]c1c([2H])c([2H])c(C(=O)OCCCCCCCCC)c(C(=O)OCCCCCCC)c1[2H]. The molecule has 0 fully saturated rings. The molecular formula is C24H38O4. The summed E-state index contributed by atoms with van der Waals surface area (Å²) in [6.07, 6.45) is 12.2. The van der Waals surface area contributed by atoms with Crippen LogP contribution in [0.2, 0.25) is 0 Å². The molecule has 1 aromatic carbocycles. The van der Waals surface area contributed by atoms with E-state index < -0.39 is 47.2 Å². The third kappa shape index (κ3) is 10.5. The average Bonchev–Trinajstić information content (AvgIpc) is 2.78. The normalized spacial score (nSPS) is 12.6. The van der Waals surface area contributed by atoms with Crippen LogP contribution in [0.15, 0.2) is 24.2 Å². The van der Waals surface area contributed by atoms with Crippen LogP contribution in [-0.2, 0) is 9.47 Å². The fraction of sp³-hybridized carbons (Fsp3) is 0.667. The summed E-state index contributed by atoms with van der Waals surface area (Å²) in [5.74, 6) is -1.84. The largest absolute Gasteiger partial charge is 0.462 e. The van der Waals surface area contributed by atoms with Crippen molar-refractivity contribution in [1.82, 2.24) is 0 Å². The molecule has 0 spiro atoms. The number of rotatable bonds is 16. The second-order valence-corrected chi connectivity index (χ2v) is 7.06. The summed E-state index contributed by atoms with van der Waals surface area (Å²) < 4.78 is 42.4. The van der Waals surface area contributed by atoms with Gasteiger partial charge in [-0.15, -0.1) is 0 Å². The van der Waals surface area contributed by atoms with Gasteiger partial charge in [-0.25, -0.2) is 9.59 Å². The van der Waals surface area contributed by atoms with Crippen molar-refractivity contribution in [2.24, 2.45) is 0 Å². The fourth-order valence-electron chi connectivity index (χ4n) is 2.86. The first kappa shape index (κ1) is 18.2. The zero-order valence-corrected chi connectivity index (χ0v) is 17.5. The lowest BCUT2D eigenvalue weighted by Gasteiger charge is -2.10. The highest BCUT2D eigenvalue weighted by Gasteiger charge is 2.18. The van der Waals surface area contributed by atoms with Crippen LogP contribution in [0.5, 0.6) is 0 Å². The number of ether oxygens (including phenoxy) is 2. The zero-order valence-electron chi connectivity index (χ0n) is 21.5. The van der Waals surface area contributed by atoms with E-state index in [2.05, 4.69) is 13.8 Å². The van der Waals surface area contributed by atoms with Crippen LogP contribution in [0, 0.1) is 0 Å². The van der Waals surface area contributed by atoms with Gasteiger partial charge >= 0.3 is 11.9 Å². The molecule has 0 unspecified atom stereocenters. The van der Waals surface area contributed by atoms with Crippen LogP contribution in [0.1, 0.15) is 117 Å². The summed E-state index contributed by atoms with van der Waals surface area (Å²) >= 11 is 0. The summed E-state index contributed by atoms with van der Waals surface area (Å²) in [4.78, 5) is 25.3. The molecular weight excluding hydrogens is 352 g/mol. The van der Waals surface area contributed by atoms with Crippen molar-refractivity contribution in [2.45, 2.75) is 90.9 Å². The van der Waals surface area contributed by atoms with Gasteiger partial charge in [0, 0.05) is 0 Å². The van der Waals surface area contributed by atoms with Gasteiger partial charge in [-0.2, -0.15) is 0 Å². The zero-order chi connectivity index (χ0) is 23.9. The number of benzene rings is 1. The molecule has 4 nitrogen and oxygen atoms in total. The molecule has 1 rings (SSSR count). The molecule has 0 N–H and O–H groups in total. The van der Waals surface area contributed by atoms with Crippen molar-refractivity contribution in [3.8, 4) is 0 Å². The molecule has 0 atom stereocenters. The van der Waals surface area contributed by atoms with Gasteiger partial charge in [0.1, 0.15) is 0 Å². The lowest BCUT2D eigenvalue weighted by atomic mass is 10.1. The van der Waals surface area contributed by atoms with Gasteiger partial charge < -0.3 is 9.47 Å². The minimum atomic E-state index is -0.921. The van der Waals surface area contributed by atoms with Crippen molar-refractivity contribution in [1.29, 1.82) is 0 Å². The number of carbonyl (C=O) groups excluding carboxylic acids is 2. The van der Waals surface area contributed by atoms with Crippen LogP contribution >= 0.6 is 0 Å². The maximum Gasteiger partial charge on any atom is 0.339 e. The predicted molar refractivity (Wildman–Crippen MR) is 114 cm³/mol. The highest BCUT2D eigenvalue weighted by Crippen LogP contribution is 2.14. The molecule has 158 valence electrons. The average molecular weight is 395 g/mol. The molecule has 0 saturated heterocycles. The van der Waals surface area contributed by atoms with E-state index in [0.717, 1.165) is 44.9 Å². The summed E-state index contributed by atoms with van der Waals surface area (Å²) in [6.45, 7) is 4.55. The van der Waals surface area contributed by atoms with Gasteiger partial charge in [-0.1, -0.05) is 90.1 Å². The molecule has 0 heterocycles. The highest BCUT2D eigenvalue weighted by atomic mass is 16.5. The molecule has 0 aliphatic carbocycles. The molecule has 0 radical (unpaired) electrons. The topological polar surface area (TPSA) is 52.6 Å². The molecule has 1 aromatic rings. The Kier molecular flexibility index (Phi) is 10.5. The molecule has 0 aromatic heterocycles. The Labute approximate surface area is 176 Å². The van der Waals surface area contributed by atoms with Crippen LogP contribution in [-0.4, -0.2) is 25.2 Å². The van der Waals surface area contributed by atoms with E-state index in [-0.39, 0.29) is 13.2 Å². The van der Waals surface area contributed by atoms with E-state index in [0.29, 0.717) is 12.8 Å². The second-order valence-electron chi connectivity index (χ2n) is 7.06. The van der Waals surface area contributed by atoms with E-state index in [9.17, 15) is 9.59 Å². The van der Waals surface area contributed by atoms with E-state index in [4.69, 9.17) is 15.0 Å². The minimum absolute atomic E-state index is 0.137. The number of unbranched alkanes of at least 4 members (excludes halogenated alkanes) is 10. The van der Waals surface area contributed by atoms with Crippen molar-refractivity contribution in [3.05, 3.63) is 35.3 Å². The fourth-order valence-corrected chi connectivity index (χ4v) is 2.86. The number of esters is 2. The first-order valence-electron chi connectivity index (χ1n) is 12.8. The predicted octanol–water partition coefficient (Wildman–Crippen LogP) is 6.72. The van der Waals surface area contributed by atoms with E-state index in [1.165, 1.54) is 19.3 Å². The van der Waals surface area contributed by atoms with Gasteiger partial charge in [0.05, 0.1) is 29.8 Å². The van der Waals surface area contributed by atoms with E-state index >= 15 is 0 Å². The Balaban J connectivity index is 2.78. The number of hydrogen-bond donors (Lipinski definition) is 0. The molecule has 28 heavy (non-hydrogen) atoms. The molecule has 0 aliphatic heterocycles. The third-order valence-electron chi connectivity index (χ3n) is 4.56. The quantitative estimate of drug-likeness (QED) is 0.231. The first-order valence-corrected chi connectivity index (χ1v) is 10.8.